The van der Waals surface area contributed by atoms with Crippen LogP contribution in [-0.4, -0.2) is 39.5 Å². The molecule has 18 heavy (non-hydrogen) atoms. The highest BCUT2D eigenvalue weighted by Crippen LogP contribution is 2.17. The van der Waals surface area contributed by atoms with E-state index in [1.165, 1.54) is 6.92 Å². The summed E-state index contributed by atoms with van der Waals surface area (Å²) in [6.45, 7) is 4.68. The highest BCUT2D eigenvalue weighted by molar-refractivity contribution is 5.93. The van der Waals surface area contributed by atoms with E-state index < -0.39 is 18.0 Å². The predicted molar refractivity (Wildman–Crippen MR) is 64.4 cm³/mol. The smallest absolute Gasteiger partial charge is 0.332 e. The molecule has 1 atom stereocenters. The first-order valence-corrected chi connectivity index (χ1v) is 5.47. The number of hydrogen-bond donors (Lipinski definition) is 2. The molecular weight excluding hydrogens is 238 g/mol. The number of aryl methyl sites for hydroxylation is 2. The predicted octanol–water partition coefficient (Wildman–Crippen LogP) is 0.465. The molecule has 0 bridgehead atoms. The first-order valence-electron chi connectivity index (χ1n) is 5.47. The van der Waals surface area contributed by atoms with E-state index >= 15 is 0 Å². The van der Waals surface area contributed by atoms with Crippen LogP contribution in [0.4, 0.5) is 5.69 Å². The van der Waals surface area contributed by atoms with E-state index in [1.807, 2.05) is 6.92 Å². The number of nitrogens with zero attached hydrogens (tertiary/aromatic N) is 2. The minimum Gasteiger partial charge on any atom is -0.479 e. The number of amides is 1. The summed E-state index contributed by atoms with van der Waals surface area (Å²) in [7, 11) is 1.78. The van der Waals surface area contributed by atoms with Crippen LogP contribution in [0.15, 0.2) is 0 Å². The van der Waals surface area contributed by atoms with Crippen molar-refractivity contribution in [1.82, 2.24) is 9.78 Å². The zero-order chi connectivity index (χ0) is 13.9. The van der Waals surface area contributed by atoms with Crippen LogP contribution in [0.25, 0.3) is 0 Å². The van der Waals surface area contributed by atoms with Gasteiger partial charge in [-0.15, -0.1) is 0 Å². The molecule has 0 saturated carbocycles. The van der Waals surface area contributed by atoms with E-state index in [0.717, 1.165) is 5.69 Å². The summed E-state index contributed by atoms with van der Waals surface area (Å²) >= 11 is 0. The normalized spacial score (nSPS) is 12.2. The third kappa shape index (κ3) is 3.30. The van der Waals surface area contributed by atoms with Crippen molar-refractivity contribution in [3.05, 3.63) is 11.4 Å². The van der Waals surface area contributed by atoms with E-state index in [2.05, 4.69) is 10.4 Å². The minimum atomic E-state index is -1.10. The molecule has 7 heteroatoms. The van der Waals surface area contributed by atoms with Gasteiger partial charge >= 0.3 is 5.97 Å². The van der Waals surface area contributed by atoms with Crippen molar-refractivity contribution in [3.63, 3.8) is 0 Å². The third-order valence-electron chi connectivity index (χ3n) is 2.59. The summed E-state index contributed by atoms with van der Waals surface area (Å²) in [5.74, 6) is -1.50. The Kier molecular flexibility index (Phi) is 4.43. The fourth-order valence-corrected chi connectivity index (χ4v) is 1.40. The summed E-state index contributed by atoms with van der Waals surface area (Å²) in [6, 6.07) is 0. The Bertz CT molecular complexity index is 467. The first-order chi connectivity index (χ1) is 8.32. The van der Waals surface area contributed by atoms with Gasteiger partial charge in [0.1, 0.15) is 6.61 Å². The number of nitrogens with one attached hydrogen (secondary N) is 1. The van der Waals surface area contributed by atoms with Crippen LogP contribution in [0, 0.1) is 13.8 Å². The summed E-state index contributed by atoms with van der Waals surface area (Å²) in [4.78, 5) is 22.1. The second-order valence-electron chi connectivity index (χ2n) is 4.01. The van der Waals surface area contributed by atoms with Crippen molar-refractivity contribution in [1.29, 1.82) is 0 Å². The van der Waals surface area contributed by atoms with Crippen LogP contribution < -0.4 is 5.32 Å². The van der Waals surface area contributed by atoms with Gasteiger partial charge in [-0.3, -0.25) is 9.48 Å². The van der Waals surface area contributed by atoms with Gasteiger partial charge in [-0.2, -0.15) is 5.10 Å². The van der Waals surface area contributed by atoms with Crippen molar-refractivity contribution >= 4 is 17.6 Å². The van der Waals surface area contributed by atoms with Gasteiger partial charge in [0.05, 0.1) is 17.1 Å². The Morgan fingerprint density at radius 3 is 2.56 bits per heavy atom. The summed E-state index contributed by atoms with van der Waals surface area (Å²) in [5.41, 5.74) is 2.16. The molecule has 0 saturated heterocycles. The van der Waals surface area contributed by atoms with Crippen molar-refractivity contribution in [2.45, 2.75) is 26.9 Å². The number of ether oxygens (including phenoxy) is 1. The Morgan fingerprint density at radius 1 is 1.50 bits per heavy atom. The summed E-state index contributed by atoms with van der Waals surface area (Å²) in [6.07, 6.45) is -1.01. The lowest BCUT2D eigenvalue weighted by Gasteiger charge is -2.09. The lowest BCUT2D eigenvalue weighted by molar-refractivity contribution is -0.150. The highest BCUT2D eigenvalue weighted by atomic mass is 16.5. The van der Waals surface area contributed by atoms with Crippen molar-refractivity contribution < 1.29 is 19.4 Å². The molecule has 1 aromatic rings. The maximum absolute atomic E-state index is 11.6. The zero-order valence-corrected chi connectivity index (χ0v) is 10.9. The summed E-state index contributed by atoms with van der Waals surface area (Å²) < 4.78 is 6.54. The molecule has 7 nitrogen and oxygen atoms in total. The Morgan fingerprint density at radius 2 is 2.11 bits per heavy atom. The van der Waals surface area contributed by atoms with Crippen molar-refractivity contribution in [2.24, 2.45) is 7.05 Å². The van der Waals surface area contributed by atoms with E-state index in [0.29, 0.717) is 11.4 Å². The van der Waals surface area contributed by atoms with E-state index in [-0.39, 0.29) is 6.61 Å². The van der Waals surface area contributed by atoms with E-state index in [4.69, 9.17) is 9.84 Å². The average molecular weight is 255 g/mol. The monoisotopic (exact) mass is 255 g/mol. The van der Waals surface area contributed by atoms with Crippen LogP contribution in [0.5, 0.6) is 0 Å². The average Bonchev–Trinajstić information content (AvgIpc) is 2.52. The van der Waals surface area contributed by atoms with E-state index in [1.54, 1.807) is 18.7 Å². The third-order valence-corrected chi connectivity index (χ3v) is 2.59. The Balaban J connectivity index is 2.57. The lowest BCUT2D eigenvalue weighted by atomic mass is 10.3. The molecule has 0 aliphatic rings. The molecule has 100 valence electrons. The van der Waals surface area contributed by atoms with Gasteiger partial charge in [0.15, 0.2) is 6.10 Å². The fourth-order valence-electron chi connectivity index (χ4n) is 1.40. The molecule has 0 fully saturated rings. The maximum atomic E-state index is 11.6. The number of carbonyl (C=O) groups is 2. The number of carboxylic acids is 1. The molecule has 0 aliphatic carbocycles. The summed E-state index contributed by atoms with van der Waals surface area (Å²) in [5, 5.41) is 15.4. The number of carboxylic acid groups (broad SMARTS) is 1. The van der Waals surface area contributed by atoms with Crippen molar-refractivity contribution in [2.75, 3.05) is 11.9 Å². The SMILES string of the molecule is Cc1nn(C)c(C)c1NC(=O)CO[C@H](C)C(=O)O. The van der Waals surface area contributed by atoms with Crippen LogP contribution >= 0.6 is 0 Å². The van der Waals surface area contributed by atoms with Crippen molar-refractivity contribution in [3.8, 4) is 0 Å². The number of aromatic nitrogens is 2. The second-order valence-corrected chi connectivity index (χ2v) is 4.01. The minimum absolute atomic E-state index is 0.304. The molecule has 1 rings (SSSR count). The first kappa shape index (κ1) is 14.2. The lowest BCUT2D eigenvalue weighted by Crippen LogP contribution is -2.26. The number of hydrogen-bond acceptors (Lipinski definition) is 4. The molecule has 1 amide bonds. The topological polar surface area (TPSA) is 93.5 Å². The number of aliphatic carboxylic acids is 1. The number of carbonyl (C=O) groups excluding carboxylic acids is 1. The van der Waals surface area contributed by atoms with Gasteiger partial charge in [-0.05, 0) is 20.8 Å². The van der Waals surface area contributed by atoms with Gasteiger partial charge < -0.3 is 15.2 Å². The van der Waals surface area contributed by atoms with Crippen LogP contribution in [0.2, 0.25) is 0 Å². The second kappa shape index (κ2) is 5.63. The molecule has 1 heterocycles. The Hall–Kier alpha value is -1.89. The highest BCUT2D eigenvalue weighted by Gasteiger charge is 2.16. The molecule has 1 aromatic heterocycles. The van der Waals surface area contributed by atoms with Gasteiger partial charge in [0.25, 0.3) is 5.91 Å². The number of rotatable bonds is 5. The van der Waals surface area contributed by atoms with E-state index in [9.17, 15) is 9.59 Å². The zero-order valence-electron chi connectivity index (χ0n) is 10.9. The van der Waals surface area contributed by atoms with Crippen LogP contribution in [0.1, 0.15) is 18.3 Å². The molecule has 0 aliphatic heterocycles. The quantitative estimate of drug-likeness (QED) is 0.797. The van der Waals surface area contributed by atoms with Gasteiger partial charge in [0.2, 0.25) is 0 Å². The van der Waals surface area contributed by atoms with Crippen LogP contribution in [-0.2, 0) is 21.4 Å². The molecule has 0 spiro atoms. The molecule has 0 aromatic carbocycles. The largest absolute Gasteiger partial charge is 0.479 e. The maximum Gasteiger partial charge on any atom is 0.332 e. The standard InChI is InChI=1S/C11H17N3O4/c1-6-10(7(2)14(4)13-6)12-9(15)5-18-8(3)11(16)17/h8H,5H2,1-4H3,(H,12,15)(H,16,17)/t8-/m1/s1. The molecule has 0 unspecified atom stereocenters. The number of anilines is 1. The fraction of sp³-hybridized carbons (Fsp3) is 0.545. The molecule has 2 N–H and O–H groups in total. The molecule has 0 radical (unpaired) electrons. The van der Waals surface area contributed by atoms with Gasteiger partial charge in [-0.1, -0.05) is 0 Å². The molecular formula is C11H17N3O4. The van der Waals surface area contributed by atoms with Gasteiger partial charge in [0, 0.05) is 7.05 Å². The van der Waals surface area contributed by atoms with Gasteiger partial charge in [-0.25, -0.2) is 4.79 Å². The van der Waals surface area contributed by atoms with Crippen LogP contribution in [0.3, 0.4) is 0 Å². The Labute approximate surface area is 105 Å².